The summed E-state index contributed by atoms with van der Waals surface area (Å²) >= 11 is 0. The summed E-state index contributed by atoms with van der Waals surface area (Å²) in [6.45, 7) is 1.29. The van der Waals surface area contributed by atoms with Crippen LogP contribution < -0.4 is 11.1 Å². The highest BCUT2D eigenvalue weighted by Gasteiger charge is 2.49. The molecule has 0 aromatic heterocycles. The minimum atomic E-state index is -3.28. The van der Waals surface area contributed by atoms with E-state index in [0.717, 1.165) is 0 Å². The summed E-state index contributed by atoms with van der Waals surface area (Å²) in [6, 6.07) is 6.82. The fourth-order valence-corrected chi connectivity index (χ4v) is 1.65. The van der Waals surface area contributed by atoms with Gasteiger partial charge in [-0.3, -0.25) is 4.79 Å². The van der Waals surface area contributed by atoms with E-state index in [1.807, 2.05) is 5.32 Å². The summed E-state index contributed by atoms with van der Waals surface area (Å²) in [5.74, 6) is -2.74. The predicted octanol–water partition coefficient (Wildman–Crippen LogP) is 0.781. The number of hydrogen-bond donors (Lipinski definition) is 3. The first-order valence-corrected chi connectivity index (χ1v) is 5.92. The topological polar surface area (TPSA) is 92.4 Å². The van der Waals surface area contributed by atoms with Gasteiger partial charge in [-0.15, -0.1) is 0 Å². The number of carboxylic acid groups (broad SMARTS) is 1. The first-order chi connectivity index (χ1) is 9.29. The predicted molar refractivity (Wildman–Crippen MR) is 68.3 cm³/mol. The molecule has 1 aromatic carbocycles. The largest absolute Gasteiger partial charge is 0.479 e. The van der Waals surface area contributed by atoms with Crippen LogP contribution >= 0.6 is 0 Å². The molecule has 7 heteroatoms. The zero-order chi connectivity index (χ0) is 15.3. The molecule has 0 bridgehead atoms. The van der Waals surface area contributed by atoms with Crippen LogP contribution in [-0.4, -0.2) is 35.0 Å². The van der Waals surface area contributed by atoms with Gasteiger partial charge in [0, 0.05) is 6.42 Å². The minimum Gasteiger partial charge on any atom is -0.479 e. The van der Waals surface area contributed by atoms with Crippen LogP contribution in [0.15, 0.2) is 30.3 Å². The Hall–Kier alpha value is -2.02. The molecule has 4 N–H and O–H groups in total. The number of hydrogen-bond acceptors (Lipinski definition) is 3. The third kappa shape index (κ3) is 3.51. The molecule has 1 aromatic rings. The molecule has 0 aliphatic heterocycles. The van der Waals surface area contributed by atoms with Crippen molar-refractivity contribution in [1.29, 1.82) is 0 Å². The number of benzene rings is 1. The van der Waals surface area contributed by atoms with E-state index in [9.17, 15) is 18.4 Å². The average molecular weight is 286 g/mol. The fourth-order valence-electron chi connectivity index (χ4n) is 1.65. The van der Waals surface area contributed by atoms with Gasteiger partial charge in [-0.25, -0.2) is 13.6 Å². The molecular weight excluding hydrogens is 270 g/mol. The number of amides is 1. The lowest BCUT2D eigenvalue weighted by molar-refractivity contribution is -0.155. The van der Waals surface area contributed by atoms with Crippen LogP contribution in [0.1, 0.15) is 12.5 Å². The Bertz CT molecular complexity index is 480. The molecule has 1 rings (SSSR count). The monoisotopic (exact) mass is 286 g/mol. The average Bonchev–Trinajstić information content (AvgIpc) is 2.38. The molecule has 0 aliphatic carbocycles. The van der Waals surface area contributed by atoms with Gasteiger partial charge in [0.05, 0.1) is 6.04 Å². The Morgan fingerprint density at radius 1 is 1.35 bits per heavy atom. The molecule has 110 valence electrons. The van der Waals surface area contributed by atoms with Crippen molar-refractivity contribution < 1.29 is 23.5 Å². The second-order valence-corrected chi connectivity index (χ2v) is 4.52. The molecule has 0 radical (unpaired) electrons. The maximum absolute atomic E-state index is 13.3. The van der Waals surface area contributed by atoms with Gasteiger partial charge in [-0.05, 0) is 12.5 Å². The van der Waals surface area contributed by atoms with Crippen LogP contribution in [0.4, 0.5) is 8.78 Å². The van der Waals surface area contributed by atoms with Crippen molar-refractivity contribution in [1.82, 2.24) is 5.32 Å². The molecule has 0 saturated carbocycles. The number of alkyl halides is 2. The Kier molecular flexibility index (Phi) is 5.15. The van der Waals surface area contributed by atoms with E-state index in [4.69, 9.17) is 10.8 Å². The summed E-state index contributed by atoms with van der Waals surface area (Å²) in [7, 11) is 0. The molecule has 2 unspecified atom stereocenters. The Morgan fingerprint density at radius 3 is 2.30 bits per heavy atom. The van der Waals surface area contributed by atoms with Crippen LogP contribution in [0.2, 0.25) is 0 Å². The van der Waals surface area contributed by atoms with Crippen molar-refractivity contribution in [2.75, 3.05) is 0 Å². The van der Waals surface area contributed by atoms with E-state index >= 15 is 0 Å². The van der Waals surface area contributed by atoms with Crippen molar-refractivity contribution in [2.24, 2.45) is 5.73 Å². The van der Waals surface area contributed by atoms with Crippen molar-refractivity contribution >= 4 is 11.9 Å². The third-order valence-corrected chi connectivity index (χ3v) is 2.84. The fraction of sp³-hybridized carbons (Fsp3) is 0.385. The molecule has 2 atom stereocenters. The van der Waals surface area contributed by atoms with Gasteiger partial charge in [0.1, 0.15) is 0 Å². The highest BCUT2D eigenvalue weighted by Crippen LogP contribution is 2.22. The number of carboxylic acids is 1. The molecule has 1 amide bonds. The van der Waals surface area contributed by atoms with Crippen molar-refractivity contribution in [3.05, 3.63) is 35.9 Å². The molecule has 0 heterocycles. The number of aliphatic carboxylic acids is 1. The first-order valence-electron chi connectivity index (χ1n) is 5.92. The Morgan fingerprint density at radius 2 is 1.90 bits per heavy atom. The lowest BCUT2D eigenvalue weighted by Crippen LogP contribution is -2.63. The van der Waals surface area contributed by atoms with Gasteiger partial charge in [0.25, 0.3) is 6.43 Å². The molecule has 5 nitrogen and oxygen atoms in total. The highest BCUT2D eigenvalue weighted by atomic mass is 19.3. The van der Waals surface area contributed by atoms with E-state index in [-0.39, 0.29) is 0 Å². The summed E-state index contributed by atoms with van der Waals surface area (Å²) in [4.78, 5) is 22.8. The van der Waals surface area contributed by atoms with Crippen molar-refractivity contribution in [3.8, 4) is 0 Å². The van der Waals surface area contributed by atoms with Gasteiger partial charge in [-0.1, -0.05) is 30.3 Å². The Balaban J connectivity index is 3.12. The lowest BCUT2D eigenvalue weighted by atomic mass is 9.90. The van der Waals surface area contributed by atoms with Crippen LogP contribution in [-0.2, 0) is 16.0 Å². The maximum atomic E-state index is 13.3. The van der Waals surface area contributed by atoms with Gasteiger partial charge in [0.2, 0.25) is 11.4 Å². The summed E-state index contributed by atoms with van der Waals surface area (Å²) < 4.78 is 26.6. The number of carbonyl (C=O) groups excluding carboxylic acids is 1. The molecule has 0 fully saturated rings. The molecule has 0 saturated heterocycles. The number of rotatable bonds is 6. The van der Waals surface area contributed by atoms with Gasteiger partial charge >= 0.3 is 5.97 Å². The maximum Gasteiger partial charge on any atom is 0.335 e. The van der Waals surface area contributed by atoms with E-state index in [1.165, 1.54) is 19.1 Å². The summed E-state index contributed by atoms with van der Waals surface area (Å²) in [6.07, 6.45) is -3.80. The van der Waals surface area contributed by atoms with E-state index < -0.39 is 36.3 Å². The zero-order valence-electron chi connectivity index (χ0n) is 10.8. The zero-order valence-corrected chi connectivity index (χ0v) is 10.8. The van der Waals surface area contributed by atoms with Crippen molar-refractivity contribution in [3.63, 3.8) is 0 Å². The SMILES string of the molecule is CC(N)C(=O)NC(Cc1ccccc1)(C(=O)O)C(F)F. The normalized spacial score (nSPS) is 15.4. The number of carbonyl (C=O) groups is 2. The lowest BCUT2D eigenvalue weighted by Gasteiger charge is -2.30. The minimum absolute atomic E-state index is 0.375. The smallest absolute Gasteiger partial charge is 0.335 e. The van der Waals surface area contributed by atoms with E-state index in [2.05, 4.69) is 0 Å². The highest BCUT2D eigenvalue weighted by molar-refractivity contribution is 5.90. The number of nitrogens with one attached hydrogen (secondary N) is 1. The first kappa shape index (κ1) is 16.0. The van der Waals surface area contributed by atoms with E-state index in [1.54, 1.807) is 18.2 Å². The van der Waals surface area contributed by atoms with Crippen LogP contribution in [0.3, 0.4) is 0 Å². The number of halogens is 2. The third-order valence-electron chi connectivity index (χ3n) is 2.84. The number of nitrogens with two attached hydrogens (primary N) is 1. The Labute approximate surface area is 114 Å². The quantitative estimate of drug-likeness (QED) is 0.720. The molecule has 0 spiro atoms. The van der Waals surface area contributed by atoms with Crippen LogP contribution in [0.5, 0.6) is 0 Å². The second kappa shape index (κ2) is 6.42. The summed E-state index contributed by atoms with van der Waals surface area (Å²) in [5, 5.41) is 11.0. The molecular formula is C13H16F2N2O3. The van der Waals surface area contributed by atoms with Gasteiger partial charge in [-0.2, -0.15) is 0 Å². The van der Waals surface area contributed by atoms with Gasteiger partial charge in [0.15, 0.2) is 0 Å². The van der Waals surface area contributed by atoms with Crippen molar-refractivity contribution in [2.45, 2.75) is 31.4 Å². The summed E-state index contributed by atoms with van der Waals surface area (Å²) in [5.41, 5.74) is 2.97. The second-order valence-electron chi connectivity index (χ2n) is 4.52. The van der Waals surface area contributed by atoms with Crippen LogP contribution in [0, 0.1) is 0 Å². The standard InChI is InChI=1S/C13H16F2N2O3/c1-8(16)10(18)17-13(11(14)15,12(19)20)7-9-5-3-2-4-6-9/h2-6,8,11H,7,16H2,1H3,(H,17,18)(H,19,20). The van der Waals surface area contributed by atoms with Crippen LogP contribution in [0.25, 0.3) is 0 Å². The van der Waals surface area contributed by atoms with E-state index in [0.29, 0.717) is 5.56 Å². The van der Waals surface area contributed by atoms with Gasteiger partial charge < -0.3 is 16.2 Å². The molecule has 0 aliphatic rings. The molecule has 20 heavy (non-hydrogen) atoms.